The molecule has 0 aliphatic carbocycles. The van der Waals surface area contributed by atoms with E-state index in [0.717, 1.165) is 0 Å². The van der Waals surface area contributed by atoms with Crippen LogP contribution in [0.1, 0.15) is 53.2 Å². The minimum atomic E-state index is -4.41. The van der Waals surface area contributed by atoms with E-state index in [1.807, 2.05) is 0 Å². The zero-order chi connectivity index (χ0) is 27.3. The summed E-state index contributed by atoms with van der Waals surface area (Å²) in [5, 5.41) is 10.9. The quantitative estimate of drug-likeness (QED) is 0.424. The Morgan fingerprint density at radius 3 is 2.36 bits per heavy atom. The van der Waals surface area contributed by atoms with E-state index in [1.54, 1.807) is 59.7 Å². The molecule has 36 heavy (non-hydrogen) atoms. The van der Waals surface area contributed by atoms with Crippen LogP contribution in [0.5, 0.6) is 5.75 Å². The van der Waals surface area contributed by atoms with E-state index in [2.05, 4.69) is 0 Å². The summed E-state index contributed by atoms with van der Waals surface area (Å²) in [7, 11) is -1.58. The van der Waals surface area contributed by atoms with Gasteiger partial charge in [-0.1, -0.05) is 18.2 Å². The van der Waals surface area contributed by atoms with Crippen molar-refractivity contribution in [1.82, 2.24) is 4.31 Å². The summed E-state index contributed by atoms with van der Waals surface area (Å²) < 4.78 is 60.6. The zero-order valence-electron chi connectivity index (χ0n) is 22.2. The molecular weight excluding hydrogens is 494 g/mol. The Morgan fingerprint density at radius 1 is 1.19 bits per heavy atom. The number of rotatable bonds is 11. The molecule has 1 aliphatic rings. The second-order valence-electron chi connectivity index (χ2n) is 9.97. The van der Waals surface area contributed by atoms with Gasteiger partial charge in [-0.3, -0.25) is 0 Å². The van der Waals surface area contributed by atoms with Crippen LogP contribution in [0.25, 0.3) is 0 Å². The Morgan fingerprint density at radius 2 is 1.83 bits per heavy atom. The Hall–Kier alpha value is -1.96. The maximum atomic E-state index is 13.5. The van der Waals surface area contributed by atoms with Gasteiger partial charge in [0.2, 0.25) is 10.0 Å². The molecule has 0 radical (unpaired) electrons. The third-order valence-corrected chi connectivity index (χ3v) is 6.99. The predicted octanol–water partition coefficient (Wildman–Crippen LogP) is 2.82. The molecule has 1 heterocycles. The van der Waals surface area contributed by atoms with Crippen molar-refractivity contribution in [3.05, 3.63) is 29.8 Å². The van der Waals surface area contributed by atoms with Crippen LogP contribution in [0.15, 0.2) is 24.3 Å². The molecule has 0 spiro atoms. The molecule has 4 atom stereocenters. The first-order valence-corrected chi connectivity index (χ1v) is 13.2. The Kier molecular flexibility index (Phi) is 10.1. The molecule has 1 N–H and O–H groups in total. The first-order valence-electron chi connectivity index (χ1n) is 11.6. The van der Waals surface area contributed by atoms with Gasteiger partial charge >= 0.3 is 6.09 Å². The van der Waals surface area contributed by atoms with Crippen molar-refractivity contribution in [1.29, 1.82) is 0 Å². The number of nitrogens with zero attached hydrogens (tertiary/aromatic N) is 1. The van der Waals surface area contributed by atoms with Crippen LogP contribution in [0.3, 0.4) is 0 Å². The predicted molar refractivity (Wildman–Crippen MR) is 131 cm³/mol. The average molecular weight is 534 g/mol. The molecule has 206 valence electrons. The fraction of sp³-hybridized carbons (Fsp3) is 0.708. The van der Waals surface area contributed by atoms with Crippen molar-refractivity contribution >= 4 is 16.1 Å². The number of carbonyl (C=O) groups is 1. The molecule has 0 bridgehead atoms. The molecular formula is C24H39NO10S. The number of carbonyl (C=O) groups excluding carboxylic acids is 1. The molecule has 1 aromatic carbocycles. The second-order valence-corrected chi connectivity index (χ2v) is 11.9. The van der Waals surface area contributed by atoms with E-state index >= 15 is 0 Å². The van der Waals surface area contributed by atoms with E-state index in [1.165, 1.54) is 20.3 Å². The molecule has 12 heteroatoms. The van der Waals surface area contributed by atoms with Crippen LogP contribution in [0.4, 0.5) is 4.79 Å². The normalized spacial score (nSPS) is 21.6. The molecule has 2 rings (SSSR count). The maximum Gasteiger partial charge on any atom is 0.424 e. The highest BCUT2D eigenvalue weighted by Gasteiger charge is 2.46. The average Bonchev–Trinajstić information content (AvgIpc) is 3.03. The number of aliphatic hydroxyl groups is 1. The highest BCUT2D eigenvalue weighted by molar-refractivity contribution is 7.89. The molecule has 1 aromatic rings. The van der Waals surface area contributed by atoms with Gasteiger partial charge in [0.05, 0.1) is 24.5 Å². The van der Waals surface area contributed by atoms with Crippen molar-refractivity contribution in [2.45, 2.75) is 77.3 Å². The number of methoxy groups -OCH3 is 2. The van der Waals surface area contributed by atoms with Crippen molar-refractivity contribution in [2.75, 3.05) is 33.3 Å². The van der Waals surface area contributed by atoms with E-state index in [4.69, 9.17) is 28.4 Å². The molecule has 1 saturated heterocycles. The third-order valence-electron chi connectivity index (χ3n) is 5.28. The standard InChI is InChI=1S/C24H39NO10S/c1-16-21(34-24(5,6)33-16)20(31-8)13-25(22(27)35-23(2,3)4)36(28,29)14-18(26)17-11-9-10-12-19(17)32-15-30-7/h9-12,16,18,20-21,26H,13-15H2,1-8H3/t16?,18?,20-,21?/m1/s1. The van der Waals surface area contributed by atoms with Gasteiger partial charge in [-0.25, -0.2) is 17.5 Å². The lowest BCUT2D eigenvalue weighted by Crippen LogP contribution is -2.50. The summed E-state index contributed by atoms with van der Waals surface area (Å²) in [5.74, 6) is -1.45. The van der Waals surface area contributed by atoms with Crippen molar-refractivity contribution in [2.24, 2.45) is 0 Å². The Balaban J connectivity index is 2.35. The second kappa shape index (κ2) is 12.1. The molecule has 3 unspecified atom stereocenters. The van der Waals surface area contributed by atoms with Gasteiger partial charge in [0, 0.05) is 19.8 Å². The summed E-state index contributed by atoms with van der Waals surface area (Å²) in [6.45, 7) is 9.63. The number of amides is 1. The lowest BCUT2D eigenvalue weighted by molar-refractivity contribution is -0.156. The monoisotopic (exact) mass is 533 g/mol. The summed E-state index contributed by atoms with van der Waals surface area (Å²) in [4.78, 5) is 13.1. The largest absolute Gasteiger partial charge is 0.467 e. The van der Waals surface area contributed by atoms with Gasteiger partial charge < -0.3 is 33.5 Å². The maximum absolute atomic E-state index is 13.5. The number of ether oxygens (including phenoxy) is 6. The van der Waals surface area contributed by atoms with Gasteiger partial charge in [-0.2, -0.15) is 0 Å². The molecule has 0 saturated carbocycles. The van der Waals surface area contributed by atoms with Gasteiger partial charge in [-0.05, 0) is 47.6 Å². The van der Waals surface area contributed by atoms with Crippen LogP contribution in [0, 0.1) is 0 Å². The van der Waals surface area contributed by atoms with Gasteiger partial charge in [0.15, 0.2) is 12.6 Å². The summed E-state index contributed by atoms with van der Waals surface area (Å²) in [5.41, 5.74) is -0.733. The lowest BCUT2D eigenvalue weighted by atomic mass is 10.1. The van der Waals surface area contributed by atoms with E-state index < -0.39 is 64.2 Å². The number of hydrogen-bond acceptors (Lipinski definition) is 10. The Bertz CT molecular complexity index is 975. The zero-order valence-corrected chi connectivity index (χ0v) is 23.0. The van der Waals surface area contributed by atoms with Crippen LogP contribution >= 0.6 is 0 Å². The Labute approximate surface area is 213 Å². The number of sulfonamides is 1. The van der Waals surface area contributed by atoms with Gasteiger partial charge in [-0.15, -0.1) is 0 Å². The first kappa shape index (κ1) is 30.3. The van der Waals surface area contributed by atoms with Crippen LogP contribution in [-0.4, -0.2) is 86.9 Å². The fourth-order valence-electron chi connectivity index (χ4n) is 3.82. The van der Waals surface area contributed by atoms with Crippen LogP contribution < -0.4 is 4.74 Å². The minimum Gasteiger partial charge on any atom is -0.467 e. The number of para-hydroxylation sites is 1. The highest BCUT2D eigenvalue weighted by atomic mass is 32.2. The van der Waals surface area contributed by atoms with E-state index in [0.29, 0.717) is 4.31 Å². The van der Waals surface area contributed by atoms with Crippen molar-refractivity contribution in [3.8, 4) is 5.75 Å². The molecule has 0 aromatic heterocycles. The lowest BCUT2D eigenvalue weighted by Gasteiger charge is -2.32. The number of hydrogen-bond donors (Lipinski definition) is 1. The molecule has 1 amide bonds. The third kappa shape index (κ3) is 8.29. The van der Waals surface area contributed by atoms with Crippen LogP contribution in [0.2, 0.25) is 0 Å². The number of benzene rings is 1. The SMILES string of the molecule is COCOc1ccccc1C(O)CS(=O)(=O)N(C[C@@H](OC)C1OC(C)(C)OC1C)C(=O)OC(C)(C)C. The number of aliphatic hydroxyl groups excluding tert-OH is 1. The molecule has 1 aliphatic heterocycles. The fourth-order valence-corrected chi connectivity index (χ4v) is 5.22. The molecule has 1 fully saturated rings. The van der Waals surface area contributed by atoms with E-state index in [9.17, 15) is 18.3 Å². The minimum absolute atomic E-state index is 0.0893. The topological polar surface area (TPSA) is 130 Å². The summed E-state index contributed by atoms with van der Waals surface area (Å²) in [6.07, 6.45) is -4.54. The summed E-state index contributed by atoms with van der Waals surface area (Å²) in [6, 6.07) is 6.43. The van der Waals surface area contributed by atoms with Crippen LogP contribution in [-0.2, 0) is 33.7 Å². The highest BCUT2D eigenvalue weighted by Crippen LogP contribution is 2.32. The van der Waals surface area contributed by atoms with Gasteiger partial charge in [0.25, 0.3) is 0 Å². The smallest absolute Gasteiger partial charge is 0.424 e. The molecule has 11 nitrogen and oxygen atoms in total. The summed E-state index contributed by atoms with van der Waals surface area (Å²) >= 11 is 0. The van der Waals surface area contributed by atoms with Crippen molar-refractivity contribution < 1.29 is 46.7 Å². The van der Waals surface area contributed by atoms with Crippen molar-refractivity contribution in [3.63, 3.8) is 0 Å². The van der Waals surface area contributed by atoms with E-state index in [-0.39, 0.29) is 18.1 Å². The van der Waals surface area contributed by atoms with Gasteiger partial charge in [0.1, 0.15) is 23.6 Å². The first-order chi connectivity index (χ1) is 16.6.